The third kappa shape index (κ3) is 4.63. The summed E-state index contributed by atoms with van der Waals surface area (Å²) in [7, 11) is 4.10. The number of nitrogen functional groups attached to an aromatic ring is 1. The highest BCUT2D eigenvalue weighted by Crippen LogP contribution is 2.19. The Morgan fingerprint density at radius 1 is 1.39 bits per heavy atom. The second-order valence-electron chi connectivity index (χ2n) is 4.54. The van der Waals surface area contributed by atoms with Gasteiger partial charge in [-0.05, 0) is 51.7 Å². The standard InChI is InChI=1S/C13H21N3O2/c1-16(2)8-4-3-7-15-12-6-5-10(13(17)18)9-11(12)14/h5-6,9,15H,3-4,7-8,14H2,1-2H3,(H,17,18). The first-order chi connectivity index (χ1) is 8.50. The maximum Gasteiger partial charge on any atom is 0.335 e. The molecule has 0 bridgehead atoms. The summed E-state index contributed by atoms with van der Waals surface area (Å²) in [4.78, 5) is 12.9. The van der Waals surface area contributed by atoms with Crippen molar-refractivity contribution in [2.24, 2.45) is 0 Å². The van der Waals surface area contributed by atoms with Crippen LogP contribution in [0.3, 0.4) is 0 Å². The Balaban J connectivity index is 2.41. The Kier molecular flexibility index (Phi) is 5.45. The van der Waals surface area contributed by atoms with Gasteiger partial charge in [0.1, 0.15) is 0 Å². The van der Waals surface area contributed by atoms with Gasteiger partial charge in [-0.3, -0.25) is 0 Å². The van der Waals surface area contributed by atoms with Crippen LogP contribution in [-0.4, -0.2) is 43.2 Å². The van der Waals surface area contributed by atoms with E-state index >= 15 is 0 Å². The number of carboxylic acids is 1. The van der Waals surface area contributed by atoms with Crippen molar-refractivity contribution >= 4 is 17.3 Å². The summed E-state index contributed by atoms with van der Waals surface area (Å²) < 4.78 is 0. The van der Waals surface area contributed by atoms with Gasteiger partial charge in [0.05, 0.1) is 16.9 Å². The number of hydrogen-bond acceptors (Lipinski definition) is 4. The molecule has 0 heterocycles. The Morgan fingerprint density at radius 3 is 2.67 bits per heavy atom. The minimum Gasteiger partial charge on any atom is -0.478 e. The molecule has 0 aliphatic rings. The molecule has 0 aliphatic carbocycles. The lowest BCUT2D eigenvalue weighted by molar-refractivity contribution is 0.0697. The van der Waals surface area contributed by atoms with E-state index < -0.39 is 5.97 Å². The van der Waals surface area contributed by atoms with E-state index in [0.29, 0.717) is 5.69 Å². The summed E-state index contributed by atoms with van der Waals surface area (Å²) in [6, 6.07) is 4.75. The Bertz CT molecular complexity index is 405. The molecular formula is C13H21N3O2. The normalized spacial score (nSPS) is 10.6. The lowest BCUT2D eigenvalue weighted by Crippen LogP contribution is -2.14. The van der Waals surface area contributed by atoms with Crippen LogP contribution in [0, 0.1) is 0 Å². The Hall–Kier alpha value is -1.75. The molecule has 0 radical (unpaired) electrons. The summed E-state index contributed by atoms with van der Waals surface area (Å²) in [5.74, 6) is -0.959. The van der Waals surface area contributed by atoms with Crippen LogP contribution in [-0.2, 0) is 0 Å². The maximum atomic E-state index is 10.7. The highest BCUT2D eigenvalue weighted by atomic mass is 16.4. The topological polar surface area (TPSA) is 78.6 Å². The molecule has 4 N–H and O–H groups in total. The number of carbonyl (C=O) groups is 1. The van der Waals surface area contributed by atoms with E-state index in [1.165, 1.54) is 6.07 Å². The molecule has 0 atom stereocenters. The molecular weight excluding hydrogens is 230 g/mol. The van der Waals surface area contributed by atoms with Crippen LogP contribution in [0.15, 0.2) is 18.2 Å². The van der Waals surface area contributed by atoms with Gasteiger partial charge < -0.3 is 21.1 Å². The summed E-state index contributed by atoms with van der Waals surface area (Å²) in [6.07, 6.45) is 2.17. The van der Waals surface area contributed by atoms with Gasteiger partial charge in [-0.15, -0.1) is 0 Å². The second-order valence-corrected chi connectivity index (χ2v) is 4.54. The molecule has 0 unspecified atom stereocenters. The highest BCUT2D eigenvalue weighted by molar-refractivity contribution is 5.90. The van der Waals surface area contributed by atoms with Gasteiger partial charge >= 0.3 is 5.97 Å². The van der Waals surface area contributed by atoms with Gasteiger partial charge in [-0.25, -0.2) is 4.79 Å². The first kappa shape index (κ1) is 14.3. The fourth-order valence-corrected chi connectivity index (χ4v) is 1.63. The van der Waals surface area contributed by atoms with Crippen LogP contribution in [0.25, 0.3) is 0 Å². The van der Waals surface area contributed by atoms with E-state index in [1.807, 2.05) is 0 Å². The molecule has 5 nitrogen and oxygen atoms in total. The molecule has 1 aromatic carbocycles. The van der Waals surface area contributed by atoms with E-state index in [1.54, 1.807) is 12.1 Å². The summed E-state index contributed by atoms with van der Waals surface area (Å²) in [5.41, 5.74) is 7.27. The van der Waals surface area contributed by atoms with E-state index in [4.69, 9.17) is 10.8 Å². The van der Waals surface area contributed by atoms with E-state index in [0.717, 1.165) is 31.6 Å². The SMILES string of the molecule is CN(C)CCCCNc1ccc(C(=O)O)cc1N. The molecule has 0 aliphatic heterocycles. The van der Waals surface area contributed by atoms with Crippen molar-refractivity contribution in [3.8, 4) is 0 Å². The van der Waals surface area contributed by atoms with Crippen molar-refractivity contribution in [3.05, 3.63) is 23.8 Å². The Labute approximate surface area is 108 Å². The maximum absolute atomic E-state index is 10.7. The van der Waals surface area contributed by atoms with Crippen LogP contribution >= 0.6 is 0 Å². The molecule has 0 aromatic heterocycles. The van der Waals surface area contributed by atoms with E-state index in [2.05, 4.69) is 24.3 Å². The quantitative estimate of drug-likeness (QED) is 0.508. The van der Waals surface area contributed by atoms with Gasteiger partial charge in [-0.2, -0.15) is 0 Å². The van der Waals surface area contributed by atoms with Gasteiger partial charge in [0.25, 0.3) is 0 Å². The summed E-state index contributed by atoms with van der Waals surface area (Å²) >= 11 is 0. The smallest absolute Gasteiger partial charge is 0.335 e. The average molecular weight is 251 g/mol. The minimum atomic E-state index is -0.959. The molecule has 100 valence electrons. The number of aromatic carboxylic acids is 1. The number of unbranched alkanes of at least 4 members (excludes halogenated alkanes) is 1. The van der Waals surface area contributed by atoms with Crippen molar-refractivity contribution in [1.29, 1.82) is 0 Å². The first-order valence-corrected chi connectivity index (χ1v) is 6.02. The number of nitrogens with two attached hydrogens (primary N) is 1. The molecule has 1 aromatic rings. The fourth-order valence-electron chi connectivity index (χ4n) is 1.63. The average Bonchev–Trinajstić information content (AvgIpc) is 2.29. The van der Waals surface area contributed by atoms with Crippen LogP contribution < -0.4 is 11.1 Å². The van der Waals surface area contributed by atoms with Crippen LogP contribution in [0.2, 0.25) is 0 Å². The van der Waals surface area contributed by atoms with Gasteiger partial charge in [-0.1, -0.05) is 0 Å². The van der Waals surface area contributed by atoms with Crippen LogP contribution in [0.1, 0.15) is 23.2 Å². The zero-order chi connectivity index (χ0) is 13.5. The fraction of sp³-hybridized carbons (Fsp3) is 0.462. The number of hydrogen-bond donors (Lipinski definition) is 3. The predicted octanol–water partition coefficient (Wildman–Crippen LogP) is 1.72. The molecule has 0 amide bonds. The zero-order valence-electron chi connectivity index (χ0n) is 10.9. The van der Waals surface area contributed by atoms with Gasteiger partial charge in [0, 0.05) is 6.54 Å². The number of nitrogens with zero attached hydrogens (tertiary/aromatic N) is 1. The minimum absolute atomic E-state index is 0.214. The van der Waals surface area contributed by atoms with Crippen molar-refractivity contribution < 1.29 is 9.90 Å². The summed E-state index contributed by atoms with van der Waals surface area (Å²) in [6.45, 7) is 1.90. The molecule has 0 spiro atoms. The van der Waals surface area contributed by atoms with E-state index in [9.17, 15) is 4.79 Å². The number of anilines is 2. The zero-order valence-corrected chi connectivity index (χ0v) is 10.9. The van der Waals surface area contributed by atoms with E-state index in [-0.39, 0.29) is 5.56 Å². The van der Waals surface area contributed by atoms with Crippen molar-refractivity contribution in [2.45, 2.75) is 12.8 Å². The molecule has 0 saturated carbocycles. The largest absolute Gasteiger partial charge is 0.478 e. The van der Waals surface area contributed by atoms with Crippen molar-refractivity contribution in [2.75, 3.05) is 38.2 Å². The third-order valence-electron chi connectivity index (χ3n) is 2.65. The Morgan fingerprint density at radius 2 is 2.11 bits per heavy atom. The lowest BCUT2D eigenvalue weighted by Gasteiger charge is -2.11. The molecule has 0 fully saturated rings. The van der Waals surface area contributed by atoms with Crippen LogP contribution in [0.5, 0.6) is 0 Å². The molecule has 5 heteroatoms. The highest BCUT2D eigenvalue weighted by Gasteiger charge is 2.05. The number of rotatable bonds is 7. The third-order valence-corrected chi connectivity index (χ3v) is 2.65. The van der Waals surface area contributed by atoms with Crippen molar-refractivity contribution in [3.63, 3.8) is 0 Å². The lowest BCUT2D eigenvalue weighted by atomic mass is 10.1. The number of carboxylic acid groups (broad SMARTS) is 1. The second kappa shape index (κ2) is 6.86. The molecule has 18 heavy (non-hydrogen) atoms. The monoisotopic (exact) mass is 251 g/mol. The molecule has 1 rings (SSSR count). The van der Waals surface area contributed by atoms with Gasteiger partial charge in [0.2, 0.25) is 0 Å². The number of nitrogens with one attached hydrogen (secondary N) is 1. The molecule has 0 saturated heterocycles. The van der Waals surface area contributed by atoms with Gasteiger partial charge in [0.15, 0.2) is 0 Å². The van der Waals surface area contributed by atoms with Crippen LogP contribution in [0.4, 0.5) is 11.4 Å². The van der Waals surface area contributed by atoms with Crippen molar-refractivity contribution in [1.82, 2.24) is 4.90 Å². The summed E-state index contributed by atoms with van der Waals surface area (Å²) in [5, 5.41) is 12.0. The first-order valence-electron chi connectivity index (χ1n) is 6.02. The predicted molar refractivity (Wildman–Crippen MR) is 74.1 cm³/mol. The number of benzene rings is 1.